The van der Waals surface area contributed by atoms with Crippen molar-refractivity contribution in [2.45, 2.75) is 39.2 Å². The van der Waals surface area contributed by atoms with Crippen LogP contribution in [0.1, 0.15) is 33.1 Å². The van der Waals surface area contributed by atoms with Crippen LogP contribution in [0.4, 0.5) is 5.69 Å². The number of likely N-dealkylation sites (N-methyl/N-ethyl adjacent to an activating group) is 1. The van der Waals surface area contributed by atoms with Crippen molar-refractivity contribution < 1.29 is 4.74 Å². The fourth-order valence-electron chi connectivity index (χ4n) is 2.60. The summed E-state index contributed by atoms with van der Waals surface area (Å²) in [6.45, 7) is 7.35. The van der Waals surface area contributed by atoms with Crippen molar-refractivity contribution in [2.24, 2.45) is 5.92 Å². The molecular weight excluding hydrogens is 248 g/mol. The van der Waals surface area contributed by atoms with Gasteiger partial charge in [-0.25, -0.2) is 0 Å². The number of likely N-dealkylation sites (tertiary alicyclic amines) is 1. The third-order valence-electron chi connectivity index (χ3n) is 3.88. The van der Waals surface area contributed by atoms with E-state index in [9.17, 15) is 0 Å². The zero-order chi connectivity index (χ0) is 14.4. The Hall–Kier alpha value is -1.22. The van der Waals surface area contributed by atoms with E-state index in [2.05, 4.69) is 49.3 Å². The largest absolute Gasteiger partial charge is 0.493 e. The zero-order valence-electron chi connectivity index (χ0n) is 13.1. The minimum Gasteiger partial charge on any atom is -0.493 e. The van der Waals surface area contributed by atoms with Gasteiger partial charge < -0.3 is 15.0 Å². The molecule has 1 aromatic rings. The van der Waals surface area contributed by atoms with Crippen LogP contribution in [0.3, 0.4) is 0 Å². The molecule has 1 atom stereocenters. The first kappa shape index (κ1) is 15.2. The lowest BCUT2D eigenvalue weighted by molar-refractivity contribution is 0.194. The second-order valence-electron chi connectivity index (χ2n) is 6.24. The summed E-state index contributed by atoms with van der Waals surface area (Å²) in [6, 6.07) is 8.96. The second-order valence-corrected chi connectivity index (χ2v) is 6.24. The van der Waals surface area contributed by atoms with Crippen molar-refractivity contribution >= 4 is 5.69 Å². The topological polar surface area (TPSA) is 24.5 Å². The van der Waals surface area contributed by atoms with Gasteiger partial charge in [-0.2, -0.15) is 0 Å². The molecule has 1 aliphatic rings. The van der Waals surface area contributed by atoms with Crippen molar-refractivity contribution in [2.75, 3.05) is 32.1 Å². The average molecular weight is 276 g/mol. The highest BCUT2D eigenvalue weighted by molar-refractivity contribution is 5.48. The van der Waals surface area contributed by atoms with E-state index in [0.717, 1.165) is 24.6 Å². The SMILES string of the molecule is CC(C)COc1cccc(NCC2CCCCN2C)c1. The molecular formula is C17H28N2O. The van der Waals surface area contributed by atoms with Crippen molar-refractivity contribution in [1.82, 2.24) is 4.90 Å². The van der Waals surface area contributed by atoms with Crippen LogP contribution in [0.15, 0.2) is 24.3 Å². The van der Waals surface area contributed by atoms with Gasteiger partial charge in [0.1, 0.15) is 5.75 Å². The maximum Gasteiger partial charge on any atom is 0.121 e. The molecule has 1 aliphatic heterocycles. The van der Waals surface area contributed by atoms with Gasteiger partial charge in [-0.1, -0.05) is 26.3 Å². The van der Waals surface area contributed by atoms with Gasteiger partial charge in [0, 0.05) is 24.3 Å². The number of hydrogen-bond acceptors (Lipinski definition) is 3. The molecule has 1 N–H and O–H groups in total. The highest BCUT2D eigenvalue weighted by atomic mass is 16.5. The minimum absolute atomic E-state index is 0.558. The van der Waals surface area contributed by atoms with Crippen molar-refractivity contribution in [3.05, 3.63) is 24.3 Å². The summed E-state index contributed by atoms with van der Waals surface area (Å²) in [5.41, 5.74) is 1.16. The molecule has 0 saturated carbocycles. The Morgan fingerprint density at radius 2 is 2.20 bits per heavy atom. The first-order chi connectivity index (χ1) is 9.65. The molecule has 1 saturated heterocycles. The number of rotatable bonds is 6. The standard InChI is InChI=1S/C17H28N2O/c1-14(2)13-20-17-9-6-7-15(11-17)18-12-16-8-4-5-10-19(16)3/h6-7,9,11,14,16,18H,4-5,8,10,12-13H2,1-3H3. The predicted octanol–water partition coefficient (Wildman–Crippen LogP) is 3.62. The molecule has 112 valence electrons. The molecule has 0 spiro atoms. The summed E-state index contributed by atoms with van der Waals surface area (Å²) in [5, 5.41) is 3.55. The van der Waals surface area contributed by atoms with E-state index >= 15 is 0 Å². The summed E-state index contributed by atoms with van der Waals surface area (Å²) in [6.07, 6.45) is 3.99. The lowest BCUT2D eigenvalue weighted by Gasteiger charge is -2.32. The van der Waals surface area contributed by atoms with Crippen molar-refractivity contribution in [3.8, 4) is 5.75 Å². The predicted molar refractivity (Wildman–Crippen MR) is 85.5 cm³/mol. The fourth-order valence-corrected chi connectivity index (χ4v) is 2.60. The first-order valence-electron chi connectivity index (χ1n) is 7.82. The molecule has 3 nitrogen and oxygen atoms in total. The van der Waals surface area contributed by atoms with Crippen LogP contribution in [-0.4, -0.2) is 37.7 Å². The zero-order valence-corrected chi connectivity index (χ0v) is 13.1. The smallest absolute Gasteiger partial charge is 0.121 e. The van der Waals surface area contributed by atoms with Gasteiger partial charge in [0.15, 0.2) is 0 Å². The number of anilines is 1. The fraction of sp³-hybridized carbons (Fsp3) is 0.647. The molecule has 0 bridgehead atoms. The molecule has 1 unspecified atom stereocenters. The van der Waals surface area contributed by atoms with Gasteiger partial charge in [-0.05, 0) is 44.5 Å². The summed E-state index contributed by atoms with van der Waals surface area (Å²) in [7, 11) is 2.23. The Bertz CT molecular complexity index is 406. The lowest BCUT2D eigenvalue weighted by Crippen LogP contribution is -2.40. The maximum atomic E-state index is 5.77. The van der Waals surface area contributed by atoms with Crippen LogP contribution < -0.4 is 10.1 Å². The number of hydrogen-bond donors (Lipinski definition) is 1. The number of benzene rings is 1. The number of piperidine rings is 1. The number of ether oxygens (including phenoxy) is 1. The summed E-state index contributed by atoms with van der Waals surface area (Å²) < 4.78 is 5.77. The van der Waals surface area contributed by atoms with Crippen molar-refractivity contribution in [1.29, 1.82) is 0 Å². The molecule has 0 amide bonds. The van der Waals surface area contributed by atoms with Crippen molar-refractivity contribution in [3.63, 3.8) is 0 Å². The Kier molecular flexibility index (Phi) is 5.72. The van der Waals surface area contributed by atoms with E-state index in [1.807, 2.05) is 6.07 Å². The maximum absolute atomic E-state index is 5.77. The lowest BCUT2D eigenvalue weighted by atomic mass is 10.0. The van der Waals surface area contributed by atoms with Gasteiger partial charge in [-0.3, -0.25) is 0 Å². The second kappa shape index (κ2) is 7.53. The molecule has 3 heteroatoms. The molecule has 20 heavy (non-hydrogen) atoms. The number of nitrogens with zero attached hydrogens (tertiary/aromatic N) is 1. The average Bonchev–Trinajstić information content (AvgIpc) is 2.45. The molecule has 0 aromatic heterocycles. The van der Waals surface area contributed by atoms with E-state index in [4.69, 9.17) is 4.74 Å². The van der Waals surface area contributed by atoms with Crippen LogP contribution in [0.5, 0.6) is 5.75 Å². The Balaban J connectivity index is 1.84. The Morgan fingerprint density at radius 3 is 2.95 bits per heavy atom. The Morgan fingerprint density at radius 1 is 1.35 bits per heavy atom. The van der Waals surface area contributed by atoms with Crippen LogP contribution in [0.2, 0.25) is 0 Å². The molecule has 0 aliphatic carbocycles. The molecule has 1 fully saturated rings. The van der Waals surface area contributed by atoms with Crippen LogP contribution in [0.25, 0.3) is 0 Å². The summed E-state index contributed by atoms with van der Waals surface area (Å²) >= 11 is 0. The van der Waals surface area contributed by atoms with Gasteiger partial charge in [-0.15, -0.1) is 0 Å². The van der Waals surface area contributed by atoms with E-state index < -0.39 is 0 Å². The van der Waals surface area contributed by atoms with E-state index in [1.54, 1.807) is 0 Å². The monoisotopic (exact) mass is 276 g/mol. The molecule has 1 heterocycles. The van der Waals surface area contributed by atoms with E-state index in [1.165, 1.54) is 25.8 Å². The molecule has 1 aromatic carbocycles. The molecule has 2 rings (SSSR count). The normalized spacial score (nSPS) is 20.1. The number of nitrogens with one attached hydrogen (secondary N) is 1. The minimum atomic E-state index is 0.558. The van der Waals surface area contributed by atoms with Gasteiger partial charge >= 0.3 is 0 Å². The van der Waals surface area contributed by atoms with Gasteiger partial charge in [0.25, 0.3) is 0 Å². The van der Waals surface area contributed by atoms with Gasteiger partial charge in [0.2, 0.25) is 0 Å². The molecule has 0 radical (unpaired) electrons. The van der Waals surface area contributed by atoms with Crippen LogP contribution in [0, 0.1) is 5.92 Å². The van der Waals surface area contributed by atoms with Gasteiger partial charge in [0.05, 0.1) is 6.61 Å². The summed E-state index contributed by atoms with van der Waals surface area (Å²) in [5.74, 6) is 1.52. The van der Waals surface area contributed by atoms with Crippen LogP contribution in [-0.2, 0) is 0 Å². The highest BCUT2D eigenvalue weighted by Crippen LogP contribution is 2.20. The van der Waals surface area contributed by atoms with E-state index in [0.29, 0.717) is 12.0 Å². The van der Waals surface area contributed by atoms with E-state index in [-0.39, 0.29) is 0 Å². The van der Waals surface area contributed by atoms with Crippen LogP contribution >= 0.6 is 0 Å². The summed E-state index contributed by atoms with van der Waals surface area (Å²) in [4.78, 5) is 2.47. The third-order valence-corrected chi connectivity index (χ3v) is 3.88. The first-order valence-corrected chi connectivity index (χ1v) is 7.82. The Labute approximate surface area is 123 Å². The third kappa shape index (κ3) is 4.71. The quantitative estimate of drug-likeness (QED) is 0.859. The highest BCUT2D eigenvalue weighted by Gasteiger charge is 2.18.